The normalized spacial score (nSPS) is 16.0. The number of aliphatic hydroxyl groups is 2. The summed E-state index contributed by atoms with van der Waals surface area (Å²) in [6.07, 6.45) is 5.71. The van der Waals surface area contributed by atoms with Crippen molar-refractivity contribution in [2.45, 2.75) is 18.2 Å². The van der Waals surface area contributed by atoms with Crippen molar-refractivity contribution in [1.29, 1.82) is 0 Å². The Hall–Kier alpha value is -2.89. The molecule has 0 amide bonds. The van der Waals surface area contributed by atoms with Gasteiger partial charge in [0.2, 0.25) is 0 Å². The second kappa shape index (κ2) is 5.30. The fourth-order valence-corrected chi connectivity index (χ4v) is 4.06. The molecule has 26 heavy (non-hydrogen) atoms. The van der Waals surface area contributed by atoms with Crippen LogP contribution in [0.1, 0.15) is 23.6 Å². The number of imidazole rings is 1. The lowest BCUT2D eigenvalue weighted by molar-refractivity contribution is -0.179. The molecule has 5 rings (SSSR count). The molecule has 4 aromatic rings. The van der Waals surface area contributed by atoms with Gasteiger partial charge in [0.1, 0.15) is 0 Å². The Balaban J connectivity index is 1.55. The first-order valence-corrected chi connectivity index (χ1v) is 8.66. The third-order valence-electron chi connectivity index (χ3n) is 5.42. The molecule has 5 nitrogen and oxygen atoms in total. The van der Waals surface area contributed by atoms with Crippen molar-refractivity contribution in [3.63, 3.8) is 0 Å². The molecule has 1 atom stereocenters. The number of aryl methyl sites for hydroxylation is 1. The zero-order valence-electron chi connectivity index (χ0n) is 14.4. The SMILES string of the molecule is Cn1ccc2cc(C(O)(O)CC3c4ccccc4-c4cncn43)ccc21. The molecular weight excluding hydrogens is 326 g/mol. The minimum absolute atomic E-state index is 0.158. The molecule has 0 aliphatic carbocycles. The molecule has 5 heteroatoms. The molecule has 0 saturated carbocycles. The summed E-state index contributed by atoms with van der Waals surface area (Å²) in [7, 11) is 1.98. The quantitative estimate of drug-likeness (QED) is 0.561. The van der Waals surface area contributed by atoms with Gasteiger partial charge in [0.05, 0.1) is 24.3 Å². The highest BCUT2D eigenvalue weighted by molar-refractivity contribution is 5.81. The monoisotopic (exact) mass is 345 g/mol. The molecule has 0 spiro atoms. The zero-order chi connectivity index (χ0) is 17.9. The molecule has 0 radical (unpaired) electrons. The van der Waals surface area contributed by atoms with Crippen LogP contribution < -0.4 is 0 Å². The van der Waals surface area contributed by atoms with Crippen LogP contribution in [0.4, 0.5) is 0 Å². The number of benzene rings is 2. The van der Waals surface area contributed by atoms with Gasteiger partial charge in [0.15, 0.2) is 5.79 Å². The van der Waals surface area contributed by atoms with E-state index in [4.69, 9.17) is 0 Å². The van der Waals surface area contributed by atoms with Gasteiger partial charge >= 0.3 is 0 Å². The van der Waals surface area contributed by atoms with E-state index in [1.54, 1.807) is 12.4 Å². The molecule has 130 valence electrons. The van der Waals surface area contributed by atoms with Crippen molar-refractivity contribution in [1.82, 2.24) is 14.1 Å². The zero-order valence-corrected chi connectivity index (χ0v) is 14.4. The topological polar surface area (TPSA) is 63.2 Å². The van der Waals surface area contributed by atoms with Gasteiger partial charge in [-0.2, -0.15) is 0 Å². The number of rotatable bonds is 3. The maximum atomic E-state index is 10.9. The van der Waals surface area contributed by atoms with Crippen LogP contribution in [0.15, 0.2) is 67.3 Å². The molecule has 3 heterocycles. The summed E-state index contributed by atoms with van der Waals surface area (Å²) in [6.45, 7) is 0. The molecule has 2 aromatic heterocycles. The molecule has 0 saturated heterocycles. The van der Waals surface area contributed by atoms with Crippen LogP contribution in [-0.4, -0.2) is 24.3 Å². The summed E-state index contributed by atoms with van der Waals surface area (Å²) in [6, 6.07) is 15.5. The van der Waals surface area contributed by atoms with Gasteiger partial charge in [0, 0.05) is 41.7 Å². The predicted molar refractivity (Wildman–Crippen MR) is 99.5 cm³/mol. The molecule has 2 N–H and O–H groups in total. The van der Waals surface area contributed by atoms with E-state index < -0.39 is 5.79 Å². The van der Waals surface area contributed by atoms with Crippen molar-refractivity contribution in [3.8, 4) is 11.3 Å². The Morgan fingerprint density at radius 2 is 1.96 bits per heavy atom. The van der Waals surface area contributed by atoms with E-state index in [0.29, 0.717) is 5.56 Å². The predicted octanol–water partition coefficient (Wildman–Crippen LogP) is 3.17. The average molecular weight is 345 g/mol. The van der Waals surface area contributed by atoms with E-state index in [1.807, 2.05) is 65.0 Å². The minimum atomic E-state index is -1.94. The fraction of sp³-hybridized carbons (Fsp3) is 0.190. The summed E-state index contributed by atoms with van der Waals surface area (Å²) in [5.74, 6) is -1.94. The van der Waals surface area contributed by atoms with Gasteiger partial charge in [-0.25, -0.2) is 4.98 Å². The average Bonchev–Trinajstić information content (AvgIpc) is 3.32. The van der Waals surface area contributed by atoms with Gasteiger partial charge in [-0.15, -0.1) is 0 Å². The third kappa shape index (κ3) is 2.14. The van der Waals surface area contributed by atoms with E-state index in [2.05, 4.69) is 11.1 Å². The number of fused-ring (bicyclic) bond motifs is 4. The number of aromatic nitrogens is 3. The van der Waals surface area contributed by atoms with Crippen LogP contribution in [0.3, 0.4) is 0 Å². The number of hydrogen-bond donors (Lipinski definition) is 2. The van der Waals surface area contributed by atoms with Gasteiger partial charge in [0.25, 0.3) is 0 Å². The minimum Gasteiger partial charge on any atom is -0.362 e. The van der Waals surface area contributed by atoms with Crippen molar-refractivity contribution >= 4 is 10.9 Å². The first kappa shape index (κ1) is 15.4. The summed E-state index contributed by atoms with van der Waals surface area (Å²) in [5, 5.41) is 22.8. The molecule has 2 aromatic carbocycles. The summed E-state index contributed by atoms with van der Waals surface area (Å²) < 4.78 is 4.04. The lowest BCUT2D eigenvalue weighted by Gasteiger charge is -2.27. The maximum Gasteiger partial charge on any atom is 0.192 e. The second-order valence-corrected chi connectivity index (χ2v) is 7.01. The molecule has 1 aliphatic rings. The summed E-state index contributed by atoms with van der Waals surface area (Å²) >= 11 is 0. The maximum absolute atomic E-state index is 10.9. The van der Waals surface area contributed by atoms with Crippen LogP contribution in [0, 0.1) is 0 Å². The Morgan fingerprint density at radius 1 is 1.12 bits per heavy atom. The van der Waals surface area contributed by atoms with Gasteiger partial charge in [-0.1, -0.05) is 30.3 Å². The van der Waals surface area contributed by atoms with Crippen molar-refractivity contribution < 1.29 is 10.2 Å². The Kier molecular flexibility index (Phi) is 3.13. The van der Waals surface area contributed by atoms with E-state index in [1.165, 1.54) is 0 Å². The number of hydrogen-bond acceptors (Lipinski definition) is 3. The highest BCUT2D eigenvalue weighted by Gasteiger charge is 2.36. The van der Waals surface area contributed by atoms with Gasteiger partial charge in [-0.05, 0) is 23.8 Å². The second-order valence-electron chi connectivity index (χ2n) is 7.01. The van der Waals surface area contributed by atoms with E-state index in [9.17, 15) is 10.2 Å². The standard InChI is InChI=1S/C21H19N3O2/c1-23-9-8-14-10-15(6-7-18(14)23)21(25,26)11-19-16-4-2-3-5-17(16)20-12-22-13-24(19)20/h2-10,12-13,19,25-26H,11H2,1H3. The molecule has 0 fully saturated rings. The Morgan fingerprint density at radius 3 is 2.85 bits per heavy atom. The summed E-state index contributed by atoms with van der Waals surface area (Å²) in [5.41, 5.74) is 4.78. The largest absolute Gasteiger partial charge is 0.362 e. The molecule has 0 bridgehead atoms. The van der Waals surface area contributed by atoms with E-state index >= 15 is 0 Å². The van der Waals surface area contributed by atoms with Crippen LogP contribution in [-0.2, 0) is 12.8 Å². The molecular formula is C21H19N3O2. The van der Waals surface area contributed by atoms with Crippen LogP contribution in [0.5, 0.6) is 0 Å². The van der Waals surface area contributed by atoms with E-state index in [0.717, 1.165) is 27.7 Å². The fourth-order valence-electron chi connectivity index (χ4n) is 4.06. The smallest absolute Gasteiger partial charge is 0.192 e. The third-order valence-corrected chi connectivity index (χ3v) is 5.42. The lowest BCUT2D eigenvalue weighted by Crippen LogP contribution is -2.29. The van der Waals surface area contributed by atoms with Crippen molar-refractivity contribution in [3.05, 3.63) is 78.4 Å². The number of nitrogens with zero attached hydrogens (tertiary/aromatic N) is 3. The van der Waals surface area contributed by atoms with E-state index in [-0.39, 0.29) is 12.5 Å². The van der Waals surface area contributed by atoms with Crippen LogP contribution >= 0.6 is 0 Å². The van der Waals surface area contributed by atoms with Crippen LogP contribution in [0.2, 0.25) is 0 Å². The van der Waals surface area contributed by atoms with Gasteiger partial charge < -0.3 is 19.3 Å². The molecule has 1 aliphatic heterocycles. The Labute approximate surface area is 150 Å². The first-order valence-electron chi connectivity index (χ1n) is 8.66. The van der Waals surface area contributed by atoms with Gasteiger partial charge in [-0.3, -0.25) is 0 Å². The lowest BCUT2D eigenvalue weighted by atomic mass is 9.93. The molecule has 1 unspecified atom stereocenters. The summed E-state index contributed by atoms with van der Waals surface area (Å²) in [4.78, 5) is 4.24. The van der Waals surface area contributed by atoms with Crippen molar-refractivity contribution in [2.75, 3.05) is 0 Å². The highest BCUT2D eigenvalue weighted by Crippen LogP contribution is 2.44. The first-order chi connectivity index (χ1) is 12.5. The van der Waals surface area contributed by atoms with Crippen molar-refractivity contribution in [2.24, 2.45) is 7.05 Å². The Bertz CT molecular complexity index is 1120. The highest BCUT2D eigenvalue weighted by atomic mass is 16.5. The van der Waals surface area contributed by atoms with Crippen LogP contribution in [0.25, 0.3) is 22.2 Å².